The van der Waals surface area contributed by atoms with E-state index in [2.05, 4.69) is 9.99 Å². The van der Waals surface area contributed by atoms with Crippen LogP contribution in [0.4, 0.5) is 11.4 Å². The number of hydrogen-bond donors (Lipinski definition) is 3. The van der Waals surface area contributed by atoms with Gasteiger partial charge in [0.15, 0.2) is 0 Å². The van der Waals surface area contributed by atoms with Gasteiger partial charge in [-0.2, -0.15) is 3.71 Å². The maximum Gasteiger partial charge on any atom is 0.432 e. The van der Waals surface area contributed by atoms with Crippen LogP contribution in [0.5, 0.6) is 0 Å². The maximum atomic E-state index is 13.4. The van der Waals surface area contributed by atoms with Gasteiger partial charge in [0, 0.05) is 19.3 Å². The predicted octanol–water partition coefficient (Wildman–Crippen LogP) is 4.20. The lowest BCUT2D eigenvalue weighted by molar-refractivity contribution is -0.131. The third-order valence-corrected chi connectivity index (χ3v) is 9.89. The van der Waals surface area contributed by atoms with E-state index >= 15 is 0 Å². The molecule has 222 valence electrons. The van der Waals surface area contributed by atoms with Crippen LogP contribution < -0.4 is 8.80 Å². The second-order valence-electron chi connectivity index (χ2n) is 9.16. The van der Waals surface area contributed by atoms with Crippen LogP contribution in [0.1, 0.15) is 43.9 Å². The molecule has 1 heterocycles. The average Bonchev–Trinajstić information content (AvgIpc) is 3.41. The van der Waals surface area contributed by atoms with Crippen molar-refractivity contribution in [2.45, 2.75) is 39.2 Å². The Labute approximate surface area is 240 Å². The Morgan fingerprint density at radius 3 is 2.20 bits per heavy atom. The van der Waals surface area contributed by atoms with Crippen molar-refractivity contribution in [1.82, 2.24) is 9.80 Å². The number of likely N-dealkylation sites (tertiary alicyclic amines) is 1. The molecule has 15 heteroatoms. The topological polar surface area (TPSA) is 149 Å². The van der Waals surface area contributed by atoms with E-state index in [1.165, 1.54) is 12.1 Å². The highest BCUT2D eigenvalue weighted by Crippen LogP contribution is 2.48. The third kappa shape index (κ3) is 8.92. The van der Waals surface area contributed by atoms with E-state index in [4.69, 9.17) is 9.05 Å². The molecule has 3 rings (SSSR count). The summed E-state index contributed by atoms with van der Waals surface area (Å²) in [6, 6.07) is 13.1. The van der Waals surface area contributed by atoms with Crippen LogP contribution >= 0.6 is 7.75 Å². The van der Waals surface area contributed by atoms with Gasteiger partial charge in [-0.1, -0.05) is 24.3 Å². The zero-order chi connectivity index (χ0) is 29.3. The number of likely N-dealkylation sites (N-methyl/N-ethyl adjacent to an activating group) is 1. The summed E-state index contributed by atoms with van der Waals surface area (Å²) >= 11 is -5.37. The molecule has 0 aromatic heterocycles. The number of nitrogens with one attached hydrogen (secondary N) is 1. The number of anilines is 2. The average molecular weight is 617 g/mol. The SMILES string of the molecule is CCOP(=O)(Nc1cccc(C(CN2CCCC2)N(C)C(=O)Cc2ccc(N(S(=O)O)S(=O)O)cc2)c1)OCC. The molecule has 0 saturated carbocycles. The first-order chi connectivity index (χ1) is 19.1. The lowest BCUT2D eigenvalue weighted by Gasteiger charge is -2.32. The monoisotopic (exact) mass is 616 g/mol. The number of hydrogen-bond acceptors (Lipinski definition) is 7. The zero-order valence-electron chi connectivity index (χ0n) is 22.8. The lowest BCUT2D eigenvalue weighted by atomic mass is 10.0. The van der Waals surface area contributed by atoms with E-state index in [-0.39, 0.29) is 37.3 Å². The van der Waals surface area contributed by atoms with E-state index in [1.54, 1.807) is 44.0 Å². The van der Waals surface area contributed by atoms with Gasteiger partial charge in [0.05, 0.1) is 31.4 Å². The molecule has 1 aliphatic heterocycles. The Hall–Kier alpha value is -2.16. The van der Waals surface area contributed by atoms with E-state index in [0.29, 0.717) is 21.5 Å². The van der Waals surface area contributed by atoms with E-state index in [9.17, 15) is 26.9 Å². The Morgan fingerprint density at radius 1 is 1.05 bits per heavy atom. The molecule has 1 saturated heterocycles. The number of carbonyl (C=O) groups excluding carboxylic acids is 1. The molecule has 2 aromatic rings. The highest BCUT2D eigenvalue weighted by Gasteiger charge is 2.28. The smallest absolute Gasteiger partial charge is 0.337 e. The van der Waals surface area contributed by atoms with Crippen molar-refractivity contribution >= 4 is 47.6 Å². The number of amides is 1. The van der Waals surface area contributed by atoms with Crippen molar-refractivity contribution in [2.24, 2.45) is 0 Å². The molecule has 0 radical (unpaired) electrons. The van der Waals surface area contributed by atoms with Crippen LogP contribution in [0.3, 0.4) is 0 Å². The van der Waals surface area contributed by atoms with E-state index in [1.807, 2.05) is 18.2 Å². The molecule has 3 atom stereocenters. The Bertz CT molecular complexity index is 1210. The highest BCUT2D eigenvalue weighted by atomic mass is 32.3. The van der Waals surface area contributed by atoms with Crippen LogP contribution in [-0.4, -0.2) is 73.1 Å². The summed E-state index contributed by atoms with van der Waals surface area (Å²) in [5, 5.41) is 2.90. The van der Waals surface area contributed by atoms with Crippen LogP contribution in [0, 0.1) is 0 Å². The molecule has 12 nitrogen and oxygen atoms in total. The van der Waals surface area contributed by atoms with Gasteiger partial charge in [-0.3, -0.25) is 28.0 Å². The van der Waals surface area contributed by atoms with Crippen molar-refractivity contribution in [3.8, 4) is 0 Å². The van der Waals surface area contributed by atoms with Crippen LogP contribution in [-0.2, 0) is 47.4 Å². The minimum absolute atomic E-state index is 0.0551. The van der Waals surface area contributed by atoms with E-state index < -0.39 is 30.3 Å². The Morgan fingerprint density at radius 2 is 1.65 bits per heavy atom. The van der Waals surface area contributed by atoms with Crippen LogP contribution in [0.2, 0.25) is 0 Å². The molecule has 3 unspecified atom stereocenters. The summed E-state index contributed by atoms with van der Waals surface area (Å²) in [7, 11) is -1.80. The van der Waals surface area contributed by atoms with Crippen LogP contribution in [0.25, 0.3) is 0 Å². The van der Waals surface area contributed by atoms with Gasteiger partial charge in [0.2, 0.25) is 5.91 Å². The molecule has 1 fully saturated rings. The zero-order valence-corrected chi connectivity index (χ0v) is 25.3. The van der Waals surface area contributed by atoms with Crippen molar-refractivity contribution in [2.75, 3.05) is 48.7 Å². The molecule has 40 heavy (non-hydrogen) atoms. The number of benzene rings is 2. The molecule has 0 bridgehead atoms. The van der Waals surface area contributed by atoms with Gasteiger partial charge in [0.1, 0.15) is 0 Å². The minimum atomic E-state index is -3.55. The molecule has 0 aliphatic carbocycles. The molecular formula is C25H37N4O8PS2. The summed E-state index contributed by atoms with van der Waals surface area (Å²) in [5.74, 6) is -0.155. The maximum absolute atomic E-state index is 13.4. The van der Waals surface area contributed by atoms with Gasteiger partial charge in [-0.05, 0) is 75.2 Å². The lowest BCUT2D eigenvalue weighted by Crippen LogP contribution is -2.39. The fourth-order valence-corrected chi connectivity index (χ4v) is 6.90. The largest absolute Gasteiger partial charge is 0.432 e. The van der Waals surface area contributed by atoms with Gasteiger partial charge < -0.3 is 9.80 Å². The van der Waals surface area contributed by atoms with Gasteiger partial charge >= 0.3 is 7.75 Å². The van der Waals surface area contributed by atoms with Crippen molar-refractivity contribution in [3.05, 3.63) is 59.7 Å². The van der Waals surface area contributed by atoms with Gasteiger partial charge in [-0.15, -0.1) is 0 Å². The first-order valence-corrected chi connectivity index (χ1v) is 16.6. The van der Waals surface area contributed by atoms with Crippen LogP contribution in [0.15, 0.2) is 48.5 Å². The highest BCUT2D eigenvalue weighted by molar-refractivity contribution is 7.99. The number of carbonyl (C=O) groups is 1. The summed E-state index contributed by atoms with van der Waals surface area (Å²) < 4.78 is 65.6. The van der Waals surface area contributed by atoms with Gasteiger partial charge in [-0.25, -0.2) is 13.0 Å². The molecule has 0 spiro atoms. The summed E-state index contributed by atoms with van der Waals surface area (Å²) in [4.78, 5) is 17.4. The standard InChI is InChI=1S/C25H37N4O8PS2/c1-4-36-38(31,37-5-2)26-22-10-8-9-21(18-22)24(19-28-15-6-7-16-28)27(3)25(30)17-20-11-13-23(14-12-20)29(39(32)33)40(34)35/h8-14,18,24H,4-7,15-17,19H2,1-3H3,(H,26,31)(H,32,33)(H,34,35). The number of rotatable bonds is 15. The van der Waals surface area contributed by atoms with Gasteiger partial charge in [0.25, 0.3) is 22.5 Å². The quantitative estimate of drug-likeness (QED) is 0.196. The van der Waals surface area contributed by atoms with E-state index in [0.717, 1.165) is 31.5 Å². The molecular weight excluding hydrogens is 579 g/mol. The fraction of sp³-hybridized carbons (Fsp3) is 0.480. The van der Waals surface area contributed by atoms with Crippen molar-refractivity contribution in [1.29, 1.82) is 0 Å². The Balaban J connectivity index is 1.82. The minimum Gasteiger partial charge on any atom is -0.337 e. The van der Waals surface area contributed by atoms with Crippen molar-refractivity contribution in [3.63, 3.8) is 0 Å². The molecule has 1 aliphatic rings. The normalized spacial score (nSPS) is 16.3. The first kappa shape index (κ1) is 32.4. The summed E-state index contributed by atoms with van der Waals surface area (Å²) in [6.45, 7) is 6.41. The molecule has 1 amide bonds. The van der Waals surface area contributed by atoms with Crippen molar-refractivity contribution < 1.29 is 35.9 Å². The molecule has 2 aromatic carbocycles. The third-order valence-electron chi connectivity index (χ3n) is 6.41. The number of nitrogens with zero attached hydrogens (tertiary/aromatic N) is 3. The summed E-state index contributed by atoms with van der Waals surface area (Å²) in [5.41, 5.74) is 2.11. The predicted molar refractivity (Wildman–Crippen MR) is 156 cm³/mol. The molecule has 3 N–H and O–H groups in total. The fourth-order valence-electron chi connectivity index (χ4n) is 4.52. The second-order valence-corrected chi connectivity index (χ2v) is 12.8. The summed E-state index contributed by atoms with van der Waals surface area (Å²) in [6.07, 6.45) is 2.25. The Kier molecular flexibility index (Phi) is 12.3. The first-order valence-electron chi connectivity index (χ1n) is 12.9. The second kappa shape index (κ2) is 15.2.